The Morgan fingerprint density at radius 2 is 1.71 bits per heavy atom. The molecule has 1 aliphatic carbocycles. The molecule has 1 N–H and O–H groups in total. The SMILES string of the molecule is CCCCCCCN1CC(CCC)NCC12CCCCC2. The van der Waals surface area contributed by atoms with E-state index in [0.717, 1.165) is 6.04 Å². The lowest BCUT2D eigenvalue weighted by molar-refractivity contribution is 0.00723. The molecule has 124 valence electrons. The molecule has 0 aromatic heterocycles. The lowest BCUT2D eigenvalue weighted by Gasteiger charge is -2.52. The monoisotopic (exact) mass is 294 g/mol. The summed E-state index contributed by atoms with van der Waals surface area (Å²) in [6.07, 6.45) is 17.0. The molecule has 1 unspecified atom stereocenters. The molecule has 0 amide bonds. The number of piperazine rings is 1. The molecule has 2 rings (SSSR count). The van der Waals surface area contributed by atoms with Crippen LogP contribution in [0, 0.1) is 0 Å². The predicted molar refractivity (Wildman–Crippen MR) is 92.8 cm³/mol. The molecule has 2 nitrogen and oxygen atoms in total. The van der Waals surface area contributed by atoms with Gasteiger partial charge in [-0.15, -0.1) is 0 Å². The van der Waals surface area contributed by atoms with Crippen LogP contribution in [0.1, 0.15) is 90.9 Å². The van der Waals surface area contributed by atoms with Gasteiger partial charge in [-0.3, -0.25) is 4.90 Å². The van der Waals surface area contributed by atoms with Crippen LogP contribution in [0.25, 0.3) is 0 Å². The van der Waals surface area contributed by atoms with E-state index >= 15 is 0 Å². The molecule has 1 spiro atoms. The lowest BCUT2D eigenvalue weighted by atomic mass is 9.78. The number of nitrogens with one attached hydrogen (secondary N) is 1. The van der Waals surface area contributed by atoms with Crippen LogP contribution in [-0.4, -0.2) is 36.1 Å². The van der Waals surface area contributed by atoms with Crippen molar-refractivity contribution in [2.24, 2.45) is 0 Å². The number of nitrogens with zero attached hydrogens (tertiary/aromatic N) is 1. The molecular formula is C19H38N2. The van der Waals surface area contributed by atoms with E-state index in [1.54, 1.807) is 0 Å². The fourth-order valence-electron chi connectivity index (χ4n) is 4.45. The highest BCUT2D eigenvalue weighted by atomic mass is 15.3. The van der Waals surface area contributed by atoms with Crippen molar-refractivity contribution in [2.45, 2.75) is 102 Å². The minimum atomic E-state index is 0.521. The fraction of sp³-hybridized carbons (Fsp3) is 1.00. The van der Waals surface area contributed by atoms with E-state index in [0.29, 0.717) is 5.54 Å². The zero-order valence-electron chi connectivity index (χ0n) is 14.6. The summed E-state index contributed by atoms with van der Waals surface area (Å²) in [7, 11) is 0. The van der Waals surface area contributed by atoms with E-state index in [9.17, 15) is 0 Å². The Morgan fingerprint density at radius 3 is 2.43 bits per heavy atom. The summed E-state index contributed by atoms with van der Waals surface area (Å²) in [6.45, 7) is 8.55. The largest absolute Gasteiger partial charge is 0.311 e. The smallest absolute Gasteiger partial charge is 0.0334 e. The molecule has 2 aliphatic rings. The Balaban J connectivity index is 1.85. The first-order valence-electron chi connectivity index (χ1n) is 9.79. The van der Waals surface area contributed by atoms with Crippen molar-refractivity contribution < 1.29 is 0 Å². The molecule has 1 saturated heterocycles. The van der Waals surface area contributed by atoms with E-state index in [1.807, 2.05) is 0 Å². The van der Waals surface area contributed by atoms with Crippen molar-refractivity contribution in [1.29, 1.82) is 0 Å². The predicted octanol–water partition coefficient (Wildman–Crippen LogP) is 4.73. The van der Waals surface area contributed by atoms with Gasteiger partial charge in [-0.05, 0) is 32.2 Å². The summed E-state index contributed by atoms with van der Waals surface area (Å²) in [4.78, 5) is 2.91. The van der Waals surface area contributed by atoms with Gasteiger partial charge in [0, 0.05) is 24.7 Å². The van der Waals surface area contributed by atoms with E-state index in [4.69, 9.17) is 0 Å². The lowest BCUT2D eigenvalue weighted by Crippen LogP contribution is -2.65. The second-order valence-electron chi connectivity index (χ2n) is 7.51. The molecule has 1 aliphatic heterocycles. The highest BCUT2D eigenvalue weighted by molar-refractivity contribution is 5.00. The third-order valence-corrected chi connectivity index (χ3v) is 5.78. The maximum Gasteiger partial charge on any atom is 0.0334 e. The number of unbranched alkanes of at least 4 members (excludes halogenated alkanes) is 4. The van der Waals surface area contributed by atoms with E-state index < -0.39 is 0 Å². The Bertz CT molecular complexity index is 271. The molecule has 1 heterocycles. The van der Waals surface area contributed by atoms with E-state index in [1.165, 1.54) is 96.7 Å². The Morgan fingerprint density at radius 1 is 0.952 bits per heavy atom. The van der Waals surface area contributed by atoms with Crippen molar-refractivity contribution in [3.63, 3.8) is 0 Å². The first kappa shape index (κ1) is 17.3. The average Bonchev–Trinajstić information content (AvgIpc) is 2.51. The van der Waals surface area contributed by atoms with Gasteiger partial charge in [-0.25, -0.2) is 0 Å². The van der Waals surface area contributed by atoms with Gasteiger partial charge >= 0.3 is 0 Å². The summed E-state index contributed by atoms with van der Waals surface area (Å²) >= 11 is 0. The number of hydrogen-bond acceptors (Lipinski definition) is 2. The minimum absolute atomic E-state index is 0.521. The zero-order valence-corrected chi connectivity index (χ0v) is 14.6. The van der Waals surface area contributed by atoms with Crippen molar-refractivity contribution >= 4 is 0 Å². The Kier molecular flexibility index (Phi) is 7.53. The molecule has 0 aromatic carbocycles. The van der Waals surface area contributed by atoms with Gasteiger partial charge in [-0.2, -0.15) is 0 Å². The number of rotatable bonds is 8. The Labute approximate surface area is 133 Å². The topological polar surface area (TPSA) is 15.3 Å². The van der Waals surface area contributed by atoms with E-state index in [2.05, 4.69) is 24.1 Å². The molecular weight excluding hydrogens is 256 g/mol. The van der Waals surface area contributed by atoms with Gasteiger partial charge in [0.05, 0.1) is 0 Å². The first-order chi connectivity index (χ1) is 10.3. The summed E-state index contributed by atoms with van der Waals surface area (Å²) in [5, 5.41) is 3.88. The molecule has 0 radical (unpaired) electrons. The molecule has 1 atom stereocenters. The van der Waals surface area contributed by atoms with Crippen LogP contribution < -0.4 is 5.32 Å². The second-order valence-corrected chi connectivity index (χ2v) is 7.51. The zero-order chi connectivity index (χ0) is 15.0. The van der Waals surface area contributed by atoms with Crippen LogP contribution in [-0.2, 0) is 0 Å². The van der Waals surface area contributed by atoms with Crippen molar-refractivity contribution in [2.75, 3.05) is 19.6 Å². The average molecular weight is 295 g/mol. The molecule has 0 aromatic rings. The van der Waals surface area contributed by atoms with Crippen LogP contribution in [0.3, 0.4) is 0 Å². The normalized spacial score (nSPS) is 26.3. The summed E-state index contributed by atoms with van der Waals surface area (Å²) in [6, 6.07) is 0.748. The van der Waals surface area contributed by atoms with Crippen molar-refractivity contribution in [3.8, 4) is 0 Å². The quantitative estimate of drug-likeness (QED) is 0.651. The van der Waals surface area contributed by atoms with Gasteiger partial charge in [0.2, 0.25) is 0 Å². The van der Waals surface area contributed by atoms with Gasteiger partial charge in [0.1, 0.15) is 0 Å². The van der Waals surface area contributed by atoms with Crippen LogP contribution in [0.4, 0.5) is 0 Å². The number of hydrogen-bond donors (Lipinski definition) is 1. The maximum atomic E-state index is 3.88. The second kappa shape index (κ2) is 9.15. The molecule has 1 saturated carbocycles. The first-order valence-corrected chi connectivity index (χ1v) is 9.79. The van der Waals surface area contributed by atoms with Crippen LogP contribution in [0.15, 0.2) is 0 Å². The van der Waals surface area contributed by atoms with Crippen LogP contribution >= 0.6 is 0 Å². The standard InChI is InChI=1S/C19H38N2/c1-3-5-6-7-11-15-21-16-18(12-4-2)20-17-19(21)13-9-8-10-14-19/h18,20H,3-17H2,1-2H3. The maximum absolute atomic E-state index is 3.88. The molecule has 2 heteroatoms. The summed E-state index contributed by atoms with van der Waals surface area (Å²) < 4.78 is 0. The third-order valence-electron chi connectivity index (χ3n) is 5.78. The molecule has 0 bridgehead atoms. The van der Waals surface area contributed by atoms with Gasteiger partial charge in [-0.1, -0.05) is 65.2 Å². The van der Waals surface area contributed by atoms with Crippen LogP contribution in [0.2, 0.25) is 0 Å². The van der Waals surface area contributed by atoms with Crippen molar-refractivity contribution in [3.05, 3.63) is 0 Å². The third kappa shape index (κ3) is 4.96. The van der Waals surface area contributed by atoms with Crippen LogP contribution in [0.5, 0.6) is 0 Å². The highest BCUT2D eigenvalue weighted by Crippen LogP contribution is 2.36. The van der Waals surface area contributed by atoms with Gasteiger partial charge < -0.3 is 5.32 Å². The molecule has 2 fully saturated rings. The Hall–Kier alpha value is -0.0800. The summed E-state index contributed by atoms with van der Waals surface area (Å²) in [5.74, 6) is 0. The highest BCUT2D eigenvalue weighted by Gasteiger charge is 2.41. The summed E-state index contributed by atoms with van der Waals surface area (Å²) in [5.41, 5.74) is 0.521. The van der Waals surface area contributed by atoms with Crippen molar-refractivity contribution in [1.82, 2.24) is 10.2 Å². The van der Waals surface area contributed by atoms with E-state index in [-0.39, 0.29) is 0 Å². The molecule has 21 heavy (non-hydrogen) atoms. The van der Waals surface area contributed by atoms with Gasteiger partial charge in [0.25, 0.3) is 0 Å². The minimum Gasteiger partial charge on any atom is -0.311 e. The van der Waals surface area contributed by atoms with Gasteiger partial charge in [0.15, 0.2) is 0 Å². The fourth-order valence-corrected chi connectivity index (χ4v) is 4.45.